The van der Waals surface area contributed by atoms with Crippen LogP contribution >= 0.6 is 20.2 Å². The molecule has 0 aromatic heterocycles. The third-order valence-corrected chi connectivity index (χ3v) is 16.1. The van der Waals surface area contributed by atoms with Gasteiger partial charge in [-0.3, -0.25) is 0 Å². The average Bonchev–Trinajstić information content (AvgIpc) is 3.58. The minimum absolute atomic E-state index is 0.209. The van der Waals surface area contributed by atoms with Crippen molar-refractivity contribution in [2.45, 2.75) is 43.8 Å². The molecule has 3 nitrogen and oxygen atoms in total. The maximum atomic E-state index is 15.4. The van der Waals surface area contributed by atoms with E-state index in [-0.39, 0.29) is 11.8 Å². The quantitative estimate of drug-likeness (QED) is 0.265. The summed E-state index contributed by atoms with van der Waals surface area (Å²) in [6.07, 6.45) is 5.02. The Morgan fingerprint density at radius 3 is 2.00 bits per heavy atom. The summed E-state index contributed by atoms with van der Waals surface area (Å²) in [5.41, 5.74) is 0. The number of hydrogen-bond donors (Lipinski definition) is 0. The molecule has 2 aromatic rings. The van der Waals surface area contributed by atoms with Crippen molar-refractivity contribution in [3.05, 3.63) is 67.8 Å². The van der Waals surface area contributed by atoms with Gasteiger partial charge in [0.2, 0.25) is 0 Å². The number of hydrogen-bond acceptors (Lipinski definition) is 3. The molecule has 7 atom stereocenters. The second kappa shape index (κ2) is 8.26. The Kier molecular flexibility index (Phi) is 5.61. The Bertz CT molecular complexity index is 1070. The predicted molar refractivity (Wildman–Crippen MR) is 131 cm³/mol. The second-order valence-electron chi connectivity index (χ2n) is 10.3. The van der Waals surface area contributed by atoms with Gasteiger partial charge in [-0.25, -0.2) is 0 Å². The fourth-order valence-electron chi connectivity index (χ4n) is 7.73. The molecule has 2 aromatic carbocycles. The summed E-state index contributed by atoms with van der Waals surface area (Å²) in [5.74, 6) is 3.36. The van der Waals surface area contributed by atoms with Gasteiger partial charge in [0, 0.05) is 0 Å². The average molecular weight is 586 g/mol. The summed E-state index contributed by atoms with van der Waals surface area (Å²) in [5, 5.41) is -3.87. The zero-order valence-electron chi connectivity index (χ0n) is 18.3. The summed E-state index contributed by atoms with van der Waals surface area (Å²) < 4.78 is 63.7. The normalized spacial score (nSPS) is 35.1. The van der Waals surface area contributed by atoms with Crippen LogP contribution in [0.1, 0.15) is 38.5 Å². The van der Waals surface area contributed by atoms with Gasteiger partial charge >= 0.3 is 203 Å². The van der Waals surface area contributed by atoms with Crippen LogP contribution in [0.3, 0.4) is 0 Å². The summed E-state index contributed by atoms with van der Waals surface area (Å²) in [4.78, 5) is 0. The predicted octanol–water partition coefficient (Wildman–Crippen LogP) is 6.80. The van der Waals surface area contributed by atoms with Gasteiger partial charge in [0.25, 0.3) is 0 Å². The molecule has 0 radical (unpaired) electrons. The molecule has 33 heavy (non-hydrogen) atoms. The molecule has 4 bridgehead atoms. The summed E-state index contributed by atoms with van der Waals surface area (Å²) in [6, 6.07) is 17.9. The maximum absolute atomic E-state index is 15.4. The third kappa shape index (κ3) is 3.77. The molecule has 0 aliphatic heterocycles. The van der Waals surface area contributed by atoms with E-state index in [0.29, 0.717) is 24.9 Å². The van der Waals surface area contributed by atoms with Gasteiger partial charge in [0.05, 0.1) is 0 Å². The van der Waals surface area contributed by atoms with Gasteiger partial charge in [0.1, 0.15) is 0 Å². The van der Waals surface area contributed by atoms with Crippen molar-refractivity contribution in [2.24, 2.45) is 41.4 Å². The van der Waals surface area contributed by atoms with E-state index in [9.17, 15) is 8.42 Å². The summed E-state index contributed by atoms with van der Waals surface area (Å²) >= 11 is -3.05. The van der Waals surface area contributed by atoms with Crippen molar-refractivity contribution in [2.75, 3.05) is 0 Å². The topological polar surface area (TPSA) is 43.4 Å². The van der Waals surface area contributed by atoms with Crippen molar-refractivity contribution in [3.63, 3.8) is 0 Å². The Morgan fingerprint density at radius 1 is 0.818 bits per heavy atom. The molecule has 0 saturated heterocycles. The van der Waals surface area contributed by atoms with Crippen molar-refractivity contribution >= 4 is 30.4 Å². The van der Waals surface area contributed by atoms with Crippen LogP contribution in [0, 0.1) is 48.6 Å². The first-order chi connectivity index (χ1) is 15.8. The Hall–Kier alpha value is -1.06. The molecule has 0 amide bonds. The Labute approximate surface area is 202 Å². The summed E-state index contributed by atoms with van der Waals surface area (Å²) in [6.45, 7) is 0. The van der Waals surface area contributed by atoms with Crippen molar-refractivity contribution in [1.82, 2.24) is 0 Å². The molecular formula is C26H29F2IO3S. The van der Waals surface area contributed by atoms with Crippen molar-refractivity contribution in [3.8, 4) is 0 Å². The van der Waals surface area contributed by atoms with Crippen LogP contribution in [0.15, 0.2) is 60.7 Å². The molecule has 7 heteroatoms. The van der Waals surface area contributed by atoms with Crippen LogP contribution in [-0.4, -0.2) is 13.7 Å². The first-order valence-corrected chi connectivity index (χ1v) is 16.4. The van der Waals surface area contributed by atoms with Crippen LogP contribution in [0.5, 0.6) is 0 Å². The molecular weight excluding hydrogens is 557 g/mol. The monoisotopic (exact) mass is 586 g/mol. The van der Waals surface area contributed by atoms with E-state index < -0.39 is 42.0 Å². The molecule has 0 N–H and O–H groups in total. The van der Waals surface area contributed by atoms with Gasteiger partial charge < -0.3 is 0 Å². The fraction of sp³-hybridized carbons (Fsp3) is 0.538. The van der Waals surface area contributed by atoms with E-state index >= 15 is 8.78 Å². The molecule has 0 spiro atoms. The molecule has 7 unspecified atom stereocenters. The molecule has 178 valence electrons. The van der Waals surface area contributed by atoms with E-state index in [4.69, 9.17) is 2.51 Å². The fourth-order valence-corrected chi connectivity index (χ4v) is 14.9. The van der Waals surface area contributed by atoms with Crippen molar-refractivity contribution < 1.29 is 19.7 Å². The molecule has 6 rings (SSSR count). The number of fused-ring (bicyclic) bond motifs is 9. The van der Waals surface area contributed by atoms with E-state index in [2.05, 4.69) is 0 Å². The van der Waals surface area contributed by atoms with Crippen LogP contribution in [0.25, 0.3) is 0 Å². The third-order valence-electron chi connectivity index (χ3n) is 8.75. The zero-order valence-corrected chi connectivity index (χ0v) is 21.3. The van der Waals surface area contributed by atoms with E-state index in [0.717, 1.165) is 24.7 Å². The molecule has 4 aliphatic rings. The SMILES string of the molecule is O=S(=O)(OI(c1ccccc1)c1ccccc1)C(F)(F)CC1CC2CC1C1C3CCC(C3)C21. The minimum atomic E-state index is -5.06. The zero-order chi connectivity index (χ0) is 22.8. The molecule has 4 fully saturated rings. The number of benzene rings is 2. The molecule has 4 aliphatic carbocycles. The number of halogens is 3. The Morgan fingerprint density at radius 2 is 1.39 bits per heavy atom. The number of rotatable bonds is 7. The van der Waals surface area contributed by atoms with Gasteiger partial charge in [-0.1, -0.05) is 0 Å². The number of alkyl halides is 2. The Balaban J connectivity index is 1.22. The van der Waals surface area contributed by atoms with Crippen LogP contribution in [0.4, 0.5) is 8.78 Å². The van der Waals surface area contributed by atoms with E-state index in [1.165, 1.54) is 19.3 Å². The van der Waals surface area contributed by atoms with Gasteiger partial charge in [-0.15, -0.1) is 0 Å². The first-order valence-electron chi connectivity index (χ1n) is 12.0. The van der Waals surface area contributed by atoms with Crippen molar-refractivity contribution in [1.29, 1.82) is 0 Å². The van der Waals surface area contributed by atoms with E-state index in [1.807, 2.05) is 12.1 Å². The second-order valence-corrected chi connectivity index (χ2v) is 17.0. The van der Waals surface area contributed by atoms with Gasteiger partial charge in [-0.2, -0.15) is 0 Å². The molecule has 4 saturated carbocycles. The molecule has 0 heterocycles. The van der Waals surface area contributed by atoms with Crippen LogP contribution < -0.4 is 0 Å². The van der Waals surface area contributed by atoms with Crippen LogP contribution in [0.2, 0.25) is 0 Å². The first kappa shape index (κ1) is 22.4. The summed E-state index contributed by atoms with van der Waals surface area (Å²) in [7, 11) is -5.06. The standard InChI is InChI=1S/C26H29F2IO3S/c27-26(28,16-20-14-19-15-23(20)25-18-12-11-17(13-18)24(19)25)33(30,31)32-29(21-7-3-1-4-8-21)22-9-5-2-6-10-22/h1-10,17-20,23-25H,11-16H2. The van der Waals surface area contributed by atoms with Gasteiger partial charge in [-0.05, 0) is 0 Å². The van der Waals surface area contributed by atoms with Crippen LogP contribution in [-0.2, 0) is 12.6 Å². The van der Waals surface area contributed by atoms with E-state index in [1.54, 1.807) is 48.5 Å². The van der Waals surface area contributed by atoms with Gasteiger partial charge in [0.15, 0.2) is 0 Å².